The van der Waals surface area contributed by atoms with Gasteiger partial charge in [0.1, 0.15) is 6.10 Å². The van der Waals surface area contributed by atoms with Crippen molar-refractivity contribution in [3.05, 3.63) is 0 Å². The molecule has 1 heterocycles. The van der Waals surface area contributed by atoms with E-state index in [9.17, 15) is 0 Å². The van der Waals surface area contributed by atoms with Crippen LogP contribution in [0.2, 0.25) is 0 Å². The summed E-state index contributed by atoms with van der Waals surface area (Å²) in [4.78, 5) is 0. The Morgan fingerprint density at radius 1 is 0.619 bits per heavy atom. The van der Waals surface area contributed by atoms with Crippen molar-refractivity contribution >= 4 is 0 Å². The zero-order chi connectivity index (χ0) is 15.0. The third kappa shape index (κ3) is 12.0. The highest BCUT2D eigenvalue weighted by Crippen LogP contribution is 1.94. The van der Waals surface area contributed by atoms with Gasteiger partial charge in [0, 0.05) is 13.2 Å². The van der Waals surface area contributed by atoms with Crippen LogP contribution >= 0.6 is 0 Å². The molecule has 1 N–H and O–H groups in total. The Hall–Kier alpha value is -0.280. The monoisotopic (exact) mass is 308 g/mol. The summed E-state index contributed by atoms with van der Waals surface area (Å²) in [5.41, 5.74) is 0. The lowest BCUT2D eigenvalue weighted by atomic mass is 10.4. The summed E-state index contributed by atoms with van der Waals surface area (Å²) < 4.78 is 32.4. The molecule has 1 saturated heterocycles. The van der Waals surface area contributed by atoms with E-state index in [1.807, 2.05) is 0 Å². The molecule has 1 fully saturated rings. The lowest BCUT2D eigenvalue weighted by Gasteiger charge is -2.15. The highest BCUT2D eigenvalue weighted by Gasteiger charge is 2.07. The van der Waals surface area contributed by atoms with Crippen molar-refractivity contribution < 1.29 is 33.5 Å². The zero-order valence-corrected chi connectivity index (χ0v) is 12.7. The van der Waals surface area contributed by atoms with E-state index in [1.54, 1.807) is 0 Å². The van der Waals surface area contributed by atoms with Gasteiger partial charge < -0.3 is 33.5 Å². The minimum atomic E-state index is -0.324. The second-order valence-corrected chi connectivity index (χ2v) is 4.55. The maximum absolute atomic E-state index is 9.16. The Morgan fingerprint density at radius 3 is 1.67 bits per heavy atom. The first-order chi connectivity index (χ1) is 10.4. The standard InChI is InChI=1S/C14H28O7/c15-12-14-13-20-9-8-18-6-4-16-2-1-3-17-5-7-19-10-11-21-14/h14-15H,1-13H2. The van der Waals surface area contributed by atoms with E-state index in [4.69, 9.17) is 33.5 Å². The topological polar surface area (TPSA) is 75.6 Å². The Bertz CT molecular complexity index is 195. The summed E-state index contributed by atoms with van der Waals surface area (Å²) in [6, 6.07) is 0. The van der Waals surface area contributed by atoms with Crippen molar-refractivity contribution in [1.29, 1.82) is 0 Å². The van der Waals surface area contributed by atoms with Gasteiger partial charge in [-0.15, -0.1) is 0 Å². The van der Waals surface area contributed by atoms with Gasteiger partial charge >= 0.3 is 0 Å². The summed E-state index contributed by atoms with van der Waals surface area (Å²) >= 11 is 0. The molecule has 0 radical (unpaired) electrons. The largest absolute Gasteiger partial charge is 0.394 e. The molecule has 0 aromatic rings. The predicted molar refractivity (Wildman–Crippen MR) is 75.5 cm³/mol. The first-order valence-electron chi connectivity index (χ1n) is 7.54. The van der Waals surface area contributed by atoms with Crippen LogP contribution in [0, 0.1) is 0 Å². The fourth-order valence-corrected chi connectivity index (χ4v) is 1.67. The van der Waals surface area contributed by atoms with Crippen LogP contribution in [-0.2, 0) is 28.4 Å². The number of ether oxygens (including phenoxy) is 6. The number of rotatable bonds is 1. The van der Waals surface area contributed by atoms with Crippen molar-refractivity contribution in [2.24, 2.45) is 0 Å². The molecule has 1 rings (SSSR count). The SMILES string of the molecule is OCC1COCCOCCOCCCOCCOCCO1. The maximum Gasteiger partial charge on any atom is 0.104 e. The second-order valence-electron chi connectivity index (χ2n) is 4.55. The van der Waals surface area contributed by atoms with E-state index < -0.39 is 0 Å². The number of aliphatic hydroxyl groups excluding tert-OH is 1. The van der Waals surface area contributed by atoms with Crippen LogP contribution in [0.4, 0.5) is 0 Å². The van der Waals surface area contributed by atoms with Gasteiger partial charge in [-0.1, -0.05) is 0 Å². The van der Waals surface area contributed by atoms with Crippen LogP contribution in [0.15, 0.2) is 0 Å². The van der Waals surface area contributed by atoms with E-state index in [-0.39, 0.29) is 12.7 Å². The van der Waals surface area contributed by atoms with E-state index in [0.29, 0.717) is 72.7 Å². The highest BCUT2D eigenvalue weighted by atomic mass is 16.6. The van der Waals surface area contributed by atoms with Crippen LogP contribution in [0.5, 0.6) is 0 Å². The summed E-state index contributed by atoms with van der Waals surface area (Å²) in [7, 11) is 0. The van der Waals surface area contributed by atoms with Gasteiger partial charge in [0.15, 0.2) is 0 Å². The molecule has 7 heteroatoms. The van der Waals surface area contributed by atoms with Gasteiger partial charge in [-0.25, -0.2) is 0 Å². The van der Waals surface area contributed by atoms with Gasteiger partial charge in [0.2, 0.25) is 0 Å². The molecule has 1 aliphatic heterocycles. The van der Waals surface area contributed by atoms with Crippen LogP contribution in [-0.4, -0.2) is 90.5 Å². The van der Waals surface area contributed by atoms with Gasteiger partial charge in [0.25, 0.3) is 0 Å². The summed E-state index contributed by atoms with van der Waals surface area (Å²) in [6.45, 7) is 5.74. The third-order valence-electron chi connectivity index (χ3n) is 2.78. The van der Waals surface area contributed by atoms with E-state index >= 15 is 0 Å². The van der Waals surface area contributed by atoms with Gasteiger partial charge in [-0.05, 0) is 6.42 Å². The van der Waals surface area contributed by atoms with Crippen molar-refractivity contribution in [3.63, 3.8) is 0 Å². The molecule has 0 amide bonds. The number of aliphatic hydroxyl groups is 1. The van der Waals surface area contributed by atoms with Gasteiger partial charge in [-0.3, -0.25) is 0 Å². The van der Waals surface area contributed by atoms with Crippen LogP contribution in [0.3, 0.4) is 0 Å². The first-order valence-corrected chi connectivity index (χ1v) is 7.54. The molecular formula is C14H28O7. The summed E-state index contributed by atoms with van der Waals surface area (Å²) in [5, 5.41) is 9.16. The molecule has 0 aliphatic carbocycles. The van der Waals surface area contributed by atoms with Crippen molar-refractivity contribution in [1.82, 2.24) is 0 Å². The normalized spacial score (nSPS) is 26.4. The Balaban J connectivity index is 2.14. The fourth-order valence-electron chi connectivity index (χ4n) is 1.67. The van der Waals surface area contributed by atoms with Crippen molar-refractivity contribution in [2.45, 2.75) is 12.5 Å². The molecule has 21 heavy (non-hydrogen) atoms. The average Bonchev–Trinajstić information content (AvgIpc) is 2.51. The Morgan fingerprint density at radius 2 is 1.10 bits per heavy atom. The number of hydrogen-bond donors (Lipinski definition) is 1. The molecule has 7 nitrogen and oxygen atoms in total. The van der Waals surface area contributed by atoms with E-state index in [2.05, 4.69) is 0 Å². The van der Waals surface area contributed by atoms with Crippen LogP contribution in [0.1, 0.15) is 6.42 Å². The highest BCUT2D eigenvalue weighted by molar-refractivity contribution is 4.53. The Kier molecular flexibility index (Phi) is 13.1. The third-order valence-corrected chi connectivity index (χ3v) is 2.78. The van der Waals surface area contributed by atoms with Crippen molar-refractivity contribution in [2.75, 3.05) is 79.3 Å². The quantitative estimate of drug-likeness (QED) is 0.722. The summed E-state index contributed by atoms with van der Waals surface area (Å²) in [6.07, 6.45) is 0.542. The van der Waals surface area contributed by atoms with Crippen LogP contribution in [0.25, 0.3) is 0 Å². The minimum absolute atomic E-state index is 0.0716. The Labute approximate surface area is 126 Å². The molecular weight excluding hydrogens is 280 g/mol. The van der Waals surface area contributed by atoms with Crippen LogP contribution < -0.4 is 0 Å². The molecule has 126 valence electrons. The molecule has 0 spiro atoms. The minimum Gasteiger partial charge on any atom is -0.394 e. The average molecular weight is 308 g/mol. The molecule has 0 saturated carbocycles. The predicted octanol–water partition coefficient (Wildman–Crippen LogP) is -0.149. The molecule has 0 aromatic heterocycles. The summed E-state index contributed by atoms with van der Waals surface area (Å²) in [5.74, 6) is 0. The smallest absolute Gasteiger partial charge is 0.104 e. The van der Waals surface area contributed by atoms with Gasteiger partial charge in [0.05, 0.1) is 66.1 Å². The molecule has 1 atom stereocenters. The molecule has 0 aromatic carbocycles. The second kappa shape index (κ2) is 14.6. The first kappa shape index (κ1) is 18.8. The zero-order valence-electron chi connectivity index (χ0n) is 12.7. The fraction of sp³-hybridized carbons (Fsp3) is 1.00. The molecule has 1 unspecified atom stereocenters. The molecule has 1 aliphatic rings. The van der Waals surface area contributed by atoms with Crippen molar-refractivity contribution in [3.8, 4) is 0 Å². The number of hydrogen-bond acceptors (Lipinski definition) is 7. The lowest BCUT2D eigenvalue weighted by molar-refractivity contribution is -0.0689. The molecule has 0 bridgehead atoms. The maximum atomic E-state index is 9.16. The van der Waals surface area contributed by atoms with E-state index in [1.165, 1.54) is 0 Å². The van der Waals surface area contributed by atoms with Gasteiger partial charge in [-0.2, -0.15) is 0 Å². The lowest BCUT2D eigenvalue weighted by Crippen LogP contribution is -2.26. The van der Waals surface area contributed by atoms with E-state index in [0.717, 1.165) is 6.42 Å².